The lowest BCUT2D eigenvalue weighted by atomic mass is 10.3. The molecular weight excluding hydrogens is 308 g/mol. The lowest BCUT2D eigenvalue weighted by molar-refractivity contribution is -0.134. The Bertz CT molecular complexity index is 654. The summed E-state index contributed by atoms with van der Waals surface area (Å²) >= 11 is 0. The first-order chi connectivity index (χ1) is 9.50. The van der Waals surface area contributed by atoms with E-state index in [9.17, 15) is 13.2 Å². The van der Waals surface area contributed by atoms with Crippen molar-refractivity contribution in [3.05, 3.63) is 24.0 Å². The third kappa shape index (κ3) is 4.05. The van der Waals surface area contributed by atoms with Crippen LogP contribution in [0, 0.1) is 0 Å². The van der Waals surface area contributed by atoms with E-state index in [2.05, 4.69) is 24.4 Å². The van der Waals surface area contributed by atoms with Crippen LogP contribution in [0.25, 0.3) is 6.08 Å². The quantitative estimate of drug-likeness (QED) is 0.456. The maximum Gasteiger partial charge on any atom is 0.330 e. The third-order valence-corrected chi connectivity index (χ3v) is 6.67. The monoisotopic (exact) mass is 330 g/mol. The smallest absolute Gasteiger partial charge is 0.330 e. The van der Waals surface area contributed by atoms with Gasteiger partial charge in [0.2, 0.25) is 0 Å². The van der Waals surface area contributed by atoms with Crippen molar-refractivity contribution in [2.24, 2.45) is 0 Å². The first kappa shape index (κ1) is 17.7. The highest BCUT2D eigenvalue weighted by molar-refractivity contribution is 7.87. The zero-order valence-corrected chi connectivity index (χ0v) is 15.1. The Morgan fingerprint density at radius 1 is 1.29 bits per heavy atom. The molecule has 1 heterocycles. The van der Waals surface area contributed by atoms with Crippen LogP contribution in [-0.2, 0) is 19.7 Å². The van der Waals surface area contributed by atoms with Crippen LogP contribution in [0.4, 0.5) is 0 Å². The highest BCUT2D eigenvalue weighted by Crippen LogP contribution is 2.13. The molecule has 118 valence electrons. The number of hydrogen-bond donors (Lipinski definition) is 0. The van der Waals surface area contributed by atoms with Crippen molar-refractivity contribution in [3.63, 3.8) is 0 Å². The van der Waals surface area contributed by atoms with Gasteiger partial charge in [-0.15, -0.1) is 0 Å². The molecule has 0 bridgehead atoms. The standard InChI is InChI=1S/C13H22N2O4SSi/c1-14(2)20(17,18)15-9-11(7-8-13(16)19-3)12(10-15)21(4,5)6/h7-10H,1-6H3/b8-7+. The minimum absolute atomic E-state index is 0.472. The molecule has 21 heavy (non-hydrogen) atoms. The molecule has 0 fully saturated rings. The predicted molar refractivity (Wildman–Crippen MR) is 86.5 cm³/mol. The lowest BCUT2D eigenvalue weighted by Gasteiger charge is -2.16. The zero-order chi connectivity index (χ0) is 16.4. The topological polar surface area (TPSA) is 68.6 Å². The van der Waals surface area contributed by atoms with Crippen LogP contribution >= 0.6 is 0 Å². The van der Waals surface area contributed by atoms with Gasteiger partial charge in [-0.3, -0.25) is 0 Å². The van der Waals surface area contributed by atoms with Gasteiger partial charge in [-0.1, -0.05) is 19.6 Å². The Morgan fingerprint density at radius 2 is 1.86 bits per heavy atom. The molecule has 6 nitrogen and oxygen atoms in total. The maximum absolute atomic E-state index is 12.2. The number of nitrogens with zero attached hydrogens (tertiary/aromatic N) is 2. The van der Waals surface area contributed by atoms with E-state index in [1.54, 1.807) is 12.3 Å². The molecule has 1 rings (SSSR count). The Hall–Kier alpha value is -1.38. The summed E-state index contributed by atoms with van der Waals surface area (Å²) in [6.45, 7) is 6.35. The van der Waals surface area contributed by atoms with Crippen molar-refractivity contribution in [1.82, 2.24) is 8.28 Å². The number of hydrogen-bond acceptors (Lipinski definition) is 4. The second-order valence-electron chi connectivity index (χ2n) is 5.85. The number of ether oxygens (including phenoxy) is 1. The summed E-state index contributed by atoms with van der Waals surface area (Å²) in [5.41, 5.74) is 0.727. The molecule has 0 aliphatic heterocycles. The summed E-state index contributed by atoms with van der Waals surface area (Å²) in [6, 6.07) is 0. The Kier molecular flexibility index (Phi) is 5.19. The highest BCUT2D eigenvalue weighted by atomic mass is 32.2. The van der Waals surface area contributed by atoms with Gasteiger partial charge in [0.25, 0.3) is 0 Å². The molecule has 0 saturated heterocycles. The second kappa shape index (κ2) is 6.16. The van der Waals surface area contributed by atoms with Crippen LogP contribution in [0.3, 0.4) is 0 Å². The minimum atomic E-state index is -3.56. The van der Waals surface area contributed by atoms with Crippen LogP contribution in [0.15, 0.2) is 18.5 Å². The fraction of sp³-hybridized carbons (Fsp3) is 0.462. The molecule has 0 atom stereocenters. The molecule has 0 amide bonds. The number of rotatable bonds is 5. The van der Waals surface area contributed by atoms with Gasteiger partial charge < -0.3 is 4.74 Å². The number of methoxy groups -OCH3 is 1. The van der Waals surface area contributed by atoms with E-state index in [1.807, 2.05) is 0 Å². The van der Waals surface area contributed by atoms with Gasteiger partial charge >= 0.3 is 16.2 Å². The van der Waals surface area contributed by atoms with Gasteiger partial charge in [0, 0.05) is 32.6 Å². The Balaban J connectivity index is 3.40. The average Bonchev–Trinajstić information content (AvgIpc) is 2.80. The summed E-state index contributed by atoms with van der Waals surface area (Å²) in [5.74, 6) is -0.472. The fourth-order valence-corrected chi connectivity index (χ4v) is 4.25. The Morgan fingerprint density at radius 3 is 2.29 bits per heavy atom. The summed E-state index contributed by atoms with van der Waals surface area (Å²) in [5, 5.41) is 0.966. The molecular formula is C13H22N2O4SSi. The van der Waals surface area contributed by atoms with Crippen molar-refractivity contribution in [2.45, 2.75) is 19.6 Å². The van der Waals surface area contributed by atoms with Crippen molar-refractivity contribution in [2.75, 3.05) is 21.2 Å². The van der Waals surface area contributed by atoms with Crippen LogP contribution in [0.5, 0.6) is 0 Å². The van der Waals surface area contributed by atoms with E-state index < -0.39 is 24.3 Å². The van der Waals surface area contributed by atoms with Crippen molar-refractivity contribution >= 4 is 35.5 Å². The molecule has 0 aliphatic rings. The molecule has 0 aliphatic carbocycles. The van der Waals surface area contributed by atoms with E-state index in [-0.39, 0.29) is 0 Å². The molecule has 0 radical (unpaired) electrons. The normalized spacial score (nSPS) is 13.1. The second-order valence-corrected chi connectivity index (χ2v) is 12.9. The van der Waals surface area contributed by atoms with Crippen molar-refractivity contribution in [1.29, 1.82) is 0 Å². The number of carbonyl (C=O) groups excluding carboxylic acids is 1. The number of aromatic nitrogens is 1. The van der Waals surface area contributed by atoms with Gasteiger partial charge in [-0.25, -0.2) is 8.77 Å². The summed E-state index contributed by atoms with van der Waals surface area (Å²) in [4.78, 5) is 11.2. The van der Waals surface area contributed by atoms with E-state index in [1.165, 1.54) is 37.5 Å². The minimum Gasteiger partial charge on any atom is -0.466 e. The van der Waals surface area contributed by atoms with Crippen LogP contribution in [0.2, 0.25) is 19.6 Å². The van der Waals surface area contributed by atoms with Crippen LogP contribution < -0.4 is 5.19 Å². The average molecular weight is 330 g/mol. The highest BCUT2D eigenvalue weighted by Gasteiger charge is 2.25. The molecule has 0 spiro atoms. The van der Waals surface area contributed by atoms with Gasteiger partial charge in [0.15, 0.2) is 0 Å². The molecule has 0 aromatic carbocycles. The lowest BCUT2D eigenvalue weighted by Crippen LogP contribution is -2.38. The maximum atomic E-state index is 12.2. The van der Waals surface area contributed by atoms with E-state index in [4.69, 9.17) is 0 Å². The van der Waals surface area contributed by atoms with Gasteiger partial charge in [-0.05, 0) is 16.8 Å². The molecule has 0 unspecified atom stereocenters. The zero-order valence-electron chi connectivity index (χ0n) is 13.2. The summed E-state index contributed by atoms with van der Waals surface area (Å²) in [6.07, 6.45) is 6.06. The molecule has 8 heteroatoms. The van der Waals surface area contributed by atoms with Crippen molar-refractivity contribution < 1.29 is 17.9 Å². The molecule has 0 saturated carbocycles. The van der Waals surface area contributed by atoms with E-state index >= 15 is 0 Å². The predicted octanol–water partition coefficient (Wildman–Crippen LogP) is 0.874. The van der Waals surface area contributed by atoms with Gasteiger partial charge in [0.1, 0.15) is 0 Å². The molecule has 0 N–H and O–H groups in total. The third-order valence-electron chi connectivity index (χ3n) is 2.97. The largest absolute Gasteiger partial charge is 0.466 e. The van der Waals surface area contributed by atoms with Gasteiger partial charge in [0.05, 0.1) is 15.2 Å². The number of carbonyl (C=O) groups is 1. The molecule has 1 aromatic rings. The van der Waals surface area contributed by atoms with Crippen LogP contribution in [0.1, 0.15) is 5.56 Å². The summed E-state index contributed by atoms with van der Waals surface area (Å²) < 4.78 is 31.3. The van der Waals surface area contributed by atoms with E-state index in [0.29, 0.717) is 0 Å². The first-order valence-electron chi connectivity index (χ1n) is 6.41. The summed E-state index contributed by atoms with van der Waals surface area (Å²) in [7, 11) is -1.06. The fourth-order valence-electron chi connectivity index (χ4n) is 1.75. The Labute approximate surface area is 127 Å². The first-order valence-corrected chi connectivity index (χ1v) is 11.3. The van der Waals surface area contributed by atoms with Crippen molar-refractivity contribution in [3.8, 4) is 0 Å². The van der Waals surface area contributed by atoms with E-state index in [0.717, 1.165) is 15.1 Å². The van der Waals surface area contributed by atoms with Gasteiger partial charge in [-0.2, -0.15) is 12.7 Å². The number of esters is 1. The molecule has 1 aromatic heterocycles. The SMILES string of the molecule is COC(=O)/C=C/c1cn(S(=O)(=O)N(C)C)cc1[Si](C)(C)C. The van der Waals surface area contributed by atoms with Crippen LogP contribution in [-0.4, -0.2) is 51.9 Å².